The second-order valence-corrected chi connectivity index (χ2v) is 5.41. The van der Waals surface area contributed by atoms with Gasteiger partial charge in [0.1, 0.15) is 5.75 Å². The van der Waals surface area contributed by atoms with Crippen molar-refractivity contribution in [2.75, 3.05) is 13.2 Å². The van der Waals surface area contributed by atoms with Crippen molar-refractivity contribution in [2.24, 2.45) is 0 Å². The van der Waals surface area contributed by atoms with Gasteiger partial charge in [-0.3, -0.25) is 4.79 Å². The fourth-order valence-electron chi connectivity index (χ4n) is 2.90. The third-order valence-corrected chi connectivity index (χ3v) is 4.00. The summed E-state index contributed by atoms with van der Waals surface area (Å²) in [5.74, 6) is -0.435. The molecule has 0 bridgehead atoms. The van der Waals surface area contributed by atoms with Gasteiger partial charge in [0.05, 0.1) is 13.2 Å². The largest absolute Gasteiger partial charge is 0.508 e. The highest BCUT2D eigenvalue weighted by Crippen LogP contribution is 2.35. The molecule has 1 aliphatic carbocycles. The molecule has 1 aliphatic heterocycles. The fourth-order valence-corrected chi connectivity index (χ4v) is 2.90. The molecule has 1 saturated heterocycles. The van der Waals surface area contributed by atoms with Crippen LogP contribution >= 0.6 is 0 Å². The molecule has 0 aromatic heterocycles. The fraction of sp³-hybridized carbons (Fsp3) is 0.533. The summed E-state index contributed by atoms with van der Waals surface area (Å²) in [5, 5.41) is 12.4. The number of carbonyl (C=O) groups is 1. The lowest BCUT2D eigenvalue weighted by atomic mass is 9.90. The van der Waals surface area contributed by atoms with E-state index >= 15 is 0 Å². The maximum atomic E-state index is 12.1. The third kappa shape index (κ3) is 2.78. The number of amides is 1. The highest BCUT2D eigenvalue weighted by molar-refractivity contribution is 5.94. The lowest BCUT2D eigenvalue weighted by Gasteiger charge is -2.35. The predicted octanol–water partition coefficient (Wildman–Crippen LogP) is 1.81. The van der Waals surface area contributed by atoms with E-state index < -0.39 is 5.79 Å². The molecule has 2 N–H and O–H groups in total. The number of phenols is 1. The molecule has 1 saturated carbocycles. The topological polar surface area (TPSA) is 67.8 Å². The summed E-state index contributed by atoms with van der Waals surface area (Å²) < 4.78 is 11.3. The van der Waals surface area contributed by atoms with Crippen molar-refractivity contribution in [1.29, 1.82) is 0 Å². The molecule has 5 nitrogen and oxygen atoms in total. The normalized spacial score (nSPS) is 22.0. The zero-order chi connectivity index (χ0) is 14.0. The maximum Gasteiger partial charge on any atom is 0.251 e. The van der Waals surface area contributed by atoms with Gasteiger partial charge in [-0.15, -0.1) is 0 Å². The molecule has 1 aromatic rings. The Labute approximate surface area is 117 Å². The zero-order valence-electron chi connectivity index (χ0n) is 11.3. The molecular formula is C15H19NO4. The Kier molecular flexibility index (Phi) is 3.63. The molecule has 2 aliphatic rings. The second-order valence-electron chi connectivity index (χ2n) is 5.41. The first-order chi connectivity index (χ1) is 9.67. The van der Waals surface area contributed by atoms with Crippen LogP contribution in [0.5, 0.6) is 5.75 Å². The molecule has 20 heavy (non-hydrogen) atoms. The van der Waals surface area contributed by atoms with E-state index in [0.29, 0.717) is 18.8 Å². The molecule has 1 aromatic carbocycles. The van der Waals surface area contributed by atoms with E-state index in [1.807, 2.05) is 0 Å². The van der Waals surface area contributed by atoms with Gasteiger partial charge < -0.3 is 19.9 Å². The number of ether oxygens (including phenoxy) is 2. The van der Waals surface area contributed by atoms with Gasteiger partial charge in [-0.1, -0.05) is 6.07 Å². The maximum absolute atomic E-state index is 12.1. The molecular weight excluding hydrogens is 258 g/mol. The lowest BCUT2D eigenvalue weighted by Crippen LogP contribution is -2.44. The van der Waals surface area contributed by atoms with Crippen molar-refractivity contribution in [1.82, 2.24) is 5.32 Å². The molecule has 0 unspecified atom stereocenters. The number of hydrogen-bond donors (Lipinski definition) is 2. The number of rotatable bonds is 2. The SMILES string of the molecule is O=C(NC1CCC2(CC1)OCCO2)c1cccc(O)c1. The van der Waals surface area contributed by atoms with Gasteiger partial charge in [0.15, 0.2) is 5.79 Å². The van der Waals surface area contributed by atoms with Crippen molar-refractivity contribution >= 4 is 5.91 Å². The van der Waals surface area contributed by atoms with Crippen LogP contribution in [0.2, 0.25) is 0 Å². The van der Waals surface area contributed by atoms with Crippen LogP contribution in [0.1, 0.15) is 36.0 Å². The van der Waals surface area contributed by atoms with E-state index in [-0.39, 0.29) is 17.7 Å². The molecule has 0 atom stereocenters. The Morgan fingerprint density at radius 1 is 1.25 bits per heavy atom. The summed E-state index contributed by atoms with van der Waals surface area (Å²) in [6, 6.07) is 6.53. The van der Waals surface area contributed by atoms with E-state index in [0.717, 1.165) is 25.7 Å². The summed E-state index contributed by atoms with van der Waals surface area (Å²) in [5.41, 5.74) is 0.485. The van der Waals surface area contributed by atoms with E-state index in [9.17, 15) is 9.90 Å². The minimum atomic E-state index is -0.397. The Hall–Kier alpha value is -1.59. The minimum Gasteiger partial charge on any atom is -0.508 e. The van der Waals surface area contributed by atoms with Crippen molar-refractivity contribution in [3.63, 3.8) is 0 Å². The summed E-state index contributed by atoms with van der Waals surface area (Å²) in [7, 11) is 0. The first-order valence-electron chi connectivity index (χ1n) is 7.05. The van der Waals surface area contributed by atoms with Gasteiger partial charge in [-0.25, -0.2) is 0 Å². The Morgan fingerprint density at radius 2 is 1.95 bits per heavy atom. The van der Waals surface area contributed by atoms with Crippen molar-refractivity contribution in [3.8, 4) is 5.75 Å². The summed E-state index contributed by atoms with van der Waals surface area (Å²) in [6.07, 6.45) is 3.34. The molecule has 1 amide bonds. The third-order valence-electron chi connectivity index (χ3n) is 4.00. The van der Waals surface area contributed by atoms with Crippen LogP contribution in [0.25, 0.3) is 0 Å². The lowest BCUT2D eigenvalue weighted by molar-refractivity contribution is -0.179. The van der Waals surface area contributed by atoms with Crippen LogP contribution < -0.4 is 5.32 Å². The summed E-state index contributed by atoms with van der Waals surface area (Å²) >= 11 is 0. The average Bonchev–Trinajstić information content (AvgIpc) is 2.90. The number of hydrogen-bond acceptors (Lipinski definition) is 4. The van der Waals surface area contributed by atoms with E-state index in [1.165, 1.54) is 6.07 Å². The predicted molar refractivity (Wildman–Crippen MR) is 72.5 cm³/mol. The standard InChI is InChI=1S/C15H19NO4/c17-13-3-1-2-11(10-13)14(18)16-12-4-6-15(7-5-12)19-8-9-20-15/h1-3,10,12,17H,4-9H2,(H,16,18). The van der Waals surface area contributed by atoms with Crippen molar-refractivity contribution in [2.45, 2.75) is 37.5 Å². The van der Waals surface area contributed by atoms with Crippen LogP contribution in [0.15, 0.2) is 24.3 Å². The van der Waals surface area contributed by atoms with Gasteiger partial charge in [0, 0.05) is 24.4 Å². The number of carbonyl (C=O) groups excluding carboxylic acids is 1. The monoisotopic (exact) mass is 277 g/mol. The molecule has 1 spiro atoms. The van der Waals surface area contributed by atoms with E-state index in [2.05, 4.69) is 5.32 Å². The molecule has 1 heterocycles. The Bertz CT molecular complexity index is 486. The molecule has 2 fully saturated rings. The van der Waals surface area contributed by atoms with Crippen LogP contribution in [0.4, 0.5) is 0 Å². The van der Waals surface area contributed by atoms with Gasteiger partial charge in [0.2, 0.25) is 0 Å². The van der Waals surface area contributed by atoms with Crippen molar-refractivity contribution in [3.05, 3.63) is 29.8 Å². The number of benzene rings is 1. The molecule has 3 rings (SSSR count). The van der Waals surface area contributed by atoms with Crippen LogP contribution in [0, 0.1) is 0 Å². The Morgan fingerprint density at radius 3 is 2.60 bits per heavy atom. The summed E-state index contributed by atoms with van der Waals surface area (Å²) in [6.45, 7) is 1.33. The van der Waals surface area contributed by atoms with Gasteiger partial charge in [-0.2, -0.15) is 0 Å². The van der Waals surface area contributed by atoms with Gasteiger partial charge >= 0.3 is 0 Å². The molecule has 108 valence electrons. The van der Waals surface area contributed by atoms with Gasteiger partial charge in [0.25, 0.3) is 5.91 Å². The van der Waals surface area contributed by atoms with Crippen molar-refractivity contribution < 1.29 is 19.4 Å². The zero-order valence-corrected chi connectivity index (χ0v) is 11.3. The number of nitrogens with one attached hydrogen (secondary N) is 1. The highest BCUT2D eigenvalue weighted by Gasteiger charge is 2.40. The number of phenolic OH excluding ortho intramolecular Hbond substituents is 1. The first-order valence-corrected chi connectivity index (χ1v) is 7.05. The Balaban J connectivity index is 1.55. The van der Waals surface area contributed by atoms with Crippen LogP contribution in [-0.4, -0.2) is 36.1 Å². The highest BCUT2D eigenvalue weighted by atomic mass is 16.7. The van der Waals surface area contributed by atoms with E-state index in [1.54, 1.807) is 18.2 Å². The molecule has 5 heteroatoms. The van der Waals surface area contributed by atoms with Crippen LogP contribution in [0.3, 0.4) is 0 Å². The molecule has 0 radical (unpaired) electrons. The van der Waals surface area contributed by atoms with Gasteiger partial charge in [-0.05, 0) is 31.0 Å². The summed E-state index contributed by atoms with van der Waals surface area (Å²) in [4.78, 5) is 12.1. The first kappa shape index (κ1) is 13.4. The average molecular weight is 277 g/mol. The number of aromatic hydroxyl groups is 1. The smallest absolute Gasteiger partial charge is 0.251 e. The second kappa shape index (κ2) is 5.42. The van der Waals surface area contributed by atoms with Crippen LogP contribution in [-0.2, 0) is 9.47 Å². The minimum absolute atomic E-state index is 0.105. The quantitative estimate of drug-likeness (QED) is 0.865. The van der Waals surface area contributed by atoms with E-state index in [4.69, 9.17) is 9.47 Å².